The van der Waals surface area contributed by atoms with Crippen molar-refractivity contribution in [3.8, 4) is 0 Å². The molecule has 1 saturated heterocycles. The average Bonchev–Trinajstić information content (AvgIpc) is 3.15. The van der Waals surface area contributed by atoms with Crippen LogP contribution < -0.4 is 16.4 Å². The predicted octanol–water partition coefficient (Wildman–Crippen LogP) is 2.61. The van der Waals surface area contributed by atoms with Gasteiger partial charge >= 0.3 is 6.09 Å². The van der Waals surface area contributed by atoms with Crippen molar-refractivity contribution >= 4 is 47.0 Å². The first kappa shape index (κ1) is 30.2. The Labute approximate surface area is 240 Å². The molecule has 5 N–H and O–H groups in total. The summed E-state index contributed by atoms with van der Waals surface area (Å²) in [6, 6.07) is -2.76. The Balaban J connectivity index is 1.55. The topological polar surface area (TPSA) is 151 Å². The molecule has 10 nitrogen and oxygen atoms in total. The van der Waals surface area contributed by atoms with Crippen LogP contribution in [0.5, 0.6) is 0 Å². The Morgan fingerprint density at radius 3 is 2.23 bits per heavy atom. The number of carbonyl (C=O) groups excluding carboxylic acids is 4. The van der Waals surface area contributed by atoms with Gasteiger partial charge in [-0.1, -0.05) is 38.5 Å². The summed E-state index contributed by atoms with van der Waals surface area (Å²) >= 11 is 13.0. The number of piperidine rings is 1. The first-order valence-corrected chi connectivity index (χ1v) is 14.9. The number of amides is 4. The van der Waals surface area contributed by atoms with Gasteiger partial charge in [-0.25, -0.2) is 4.79 Å². The van der Waals surface area contributed by atoms with Crippen LogP contribution >= 0.6 is 23.2 Å². The molecule has 0 spiro atoms. The first-order valence-electron chi connectivity index (χ1n) is 14.2. The van der Waals surface area contributed by atoms with E-state index < -0.39 is 58.0 Å². The number of aliphatic hydroxyl groups is 1. The lowest BCUT2D eigenvalue weighted by atomic mass is 9.79. The maximum Gasteiger partial charge on any atom is 0.408 e. The molecule has 4 amide bonds. The second kappa shape index (κ2) is 11.6. The summed E-state index contributed by atoms with van der Waals surface area (Å²) in [5, 5.41) is 16.1. The lowest BCUT2D eigenvalue weighted by molar-refractivity contribution is -0.143. The zero-order chi connectivity index (χ0) is 28.7. The minimum Gasteiger partial charge on any atom is -0.444 e. The van der Waals surface area contributed by atoms with Crippen molar-refractivity contribution in [3.05, 3.63) is 0 Å². The first-order chi connectivity index (χ1) is 18.2. The maximum atomic E-state index is 14.1. The van der Waals surface area contributed by atoms with Crippen molar-refractivity contribution in [3.63, 3.8) is 0 Å². The number of ether oxygens (including phenoxy) is 1. The summed E-state index contributed by atoms with van der Waals surface area (Å²) in [5.74, 6) is -2.48. The van der Waals surface area contributed by atoms with Gasteiger partial charge in [-0.05, 0) is 51.9 Å². The van der Waals surface area contributed by atoms with Crippen LogP contribution in [-0.2, 0) is 19.1 Å². The number of alkyl halides is 2. The van der Waals surface area contributed by atoms with Gasteiger partial charge in [0.05, 0.1) is 6.04 Å². The molecule has 220 valence electrons. The van der Waals surface area contributed by atoms with E-state index in [2.05, 4.69) is 10.6 Å². The number of alkyl carbamates (subject to hydrolysis) is 1. The summed E-state index contributed by atoms with van der Waals surface area (Å²) in [6.07, 6.45) is 5.60. The molecule has 12 heteroatoms. The Morgan fingerprint density at radius 1 is 1.05 bits per heavy atom. The zero-order valence-electron chi connectivity index (χ0n) is 23.0. The number of likely N-dealkylation sites (tertiary alicyclic amines) is 1. The SMILES string of the molecule is CC(C)(C)OC(=O)N[C@H](C(=O)N1C[C@H]2[C@@H]([C@H]1C(=O)NC(CC1CCC1)C(O)C(N)=O)C2(Cl)Cl)C1CCCCC1. The predicted molar refractivity (Wildman–Crippen MR) is 146 cm³/mol. The van der Waals surface area contributed by atoms with Gasteiger partial charge in [-0.2, -0.15) is 0 Å². The van der Waals surface area contributed by atoms with Gasteiger partial charge < -0.3 is 31.1 Å². The van der Waals surface area contributed by atoms with Crippen LogP contribution in [-0.4, -0.2) is 74.5 Å². The highest BCUT2D eigenvalue weighted by Crippen LogP contribution is 2.65. The fraction of sp³-hybridized carbons (Fsp3) is 0.852. The van der Waals surface area contributed by atoms with Gasteiger partial charge in [0.25, 0.3) is 0 Å². The van der Waals surface area contributed by atoms with Crippen LogP contribution in [0.15, 0.2) is 0 Å². The molecule has 6 atom stereocenters. The minimum atomic E-state index is -1.56. The van der Waals surface area contributed by atoms with Crippen molar-refractivity contribution < 1.29 is 29.0 Å². The van der Waals surface area contributed by atoms with Crippen LogP contribution in [0.2, 0.25) is 0 Å². The third-order valence-corrected chi connectivity index (χ3v) is 9.82. The molecule has 4 fully saturated rings. The highest BCUT2D eigenvalue weighted by Gasteiger charge is 2.74. The number of nitrogens with one attached hydrogen (secondary N) is 2. The van der Waals surface area contributed by atoms with Crippen LogP contribution in [0.3, 0.4) is 0 Å². The Bertz CT molecular complexity index is 962. The number of fused-ring (bicyclic) bond motifs is 1. The Hall–Kier alpha value is -1.78. The smallest absolute Gasteiger partial charge is 0.408 e. The van der Waals surface area contributed by atoms with E-state index in [1.54, 1.807) is 20.8 Å². The molecular weight excluding hydrogens is 547 g/mol. The second-order valence-corrected chi connectivity index (χ2v) is 14.2. The molecule has 4 aliphatic rings. The second-order valence-electron chi connectivity index (χ2n) is 12.8. The molecule has 3 saturated carbocycles. The van der Waals surface area contributed by atoms with Gasteiger partial charge in [-0.3, -0.25) is 14.4 Å². The summed E-state index contributed by atoms with van der Waals surface area (Å²) < 4.78 is 4.29. The average molecular weight is 590 g/mol. The number of nitrogens with two attached hydrogens (primary N) is 1. The lowest BCUT2D eigenvalue weighted by Crippen LogP contribution is -2.60. The molecule has 1 aliphatic heterocycles. The number of hydrogen-bond donors (Lipinski definition) is 4. The van der Waals surface area contributed by atoms with E-state index in [4.69, 9.17) is 33.7 Å². The van der Waals surface area contributed by atoms with Gasteiger partial charge in [0.1, 0.15) is 22.0 Å². The van der Waals surface area contributed by atoms with E-state index in [1.165, 1.54) is 4.90 Å². The molecule has 3 aliphatic carbocycles. The van der Waals surface area contributed by atoms with Crippen molar-refractivity contribution in [1.82, 2.24) is 15.5 Å². The normalized spacial score (nSPS) is 28.9. The number of carbonyl (C=O) groups is 4. The molecule has 0 aromatic rings. The highest BCUT2D eigenvalue weighted by atomic mass is 35.5. The standard InChI is InChI=1S/C27H42Cl2N4O6/c1-26(2,3)39-25(38)32-19(15-10-5-4-6-11-15)24(37)33-13-16-18(27(16,28)29)20(33)23(36)31-17(21(34)22(30)35)12-14-8-7-9-14/h14-21,34H,4-13H2,1-3H3,(H2,30,35)(H,31,36)(H,32,38)/t16-,17?,18-,19-,20-,21?/m0/s1. The molecule has 39 heavy (non-hydrogen) atoms. The van der Waals surface area contributed by atoms with E-state index in [-0.39, 0.29) is 30.2 Å². The summed E-state index contributed by atoms with van der Waals surface area (Å²) in [5.41, 5.74) is 4.63. The fourth-order valence-electron chi connectivity index (χ4n) is 6.42. The monoisotopic (exact) mass is 588 g/mol. The van der Waals surface area contributed by atoms with Crippen LogP contribution in [0, 0.1) is 23.7 Å². The molecule has 2 unspecified atom stereocenters. The maximum absolute atomic E-state index is 14.1. The zero-order valence-corrected chi connectivity index (χ0v) is 24.5. The van der Waals surface area contributed by atoms with Gasteiger partial charge in [0, 0.05) is 18.4 Å². The van der Waals surface area contributed by atoms with Crippen molar-refractivity contribution in [2.45, 2.75) is 113 Å². The van der Waals surface area contributed by atoms with Crippen LogP contribution in [0.4, 0.5) is 4.79 Å². The molecule has 0 aromatic carbocycles. The highest BCUT2D eigenvalue weighted by molar-refractivity contribution is 6.51. The van der Waals surface area contributed by atoms with Crippen molar-refractivity contribution in [1.29, 1.82) is 0 Å². The Kier molecular flexibility index (Phi) is 8.98. The molecule has 0 aromatic heterocycles. The number of nitrogens with zero attached hydrogens (tertiary/aromatic N) is 1. The van der Waals surface area contributed by atoms with Crippen LogP contribution in [0.25, 0.3) is 0 Å². The molecule has 0 bridgehead atoms. The van der Waals surface area contributed by atoms with Gasteiger partial charge in [-0.15, -0.1) is 23.2 Å². The number of aliphatic hydroxyl groups excluding tert-OH is 1. The largest absolute Gasteiger partial charge is 0.444 e. The molecular formula is C27H42Cl2N4O6. The Morgan fingerprint density at radius 2 is 1.69 bits per heavy atom. The van der Waals surface area contributed by atoms with E-state index in [0.717, 1.165) is 51.4 Å². The van der Waals surface area contributed by atoms with Gasteiger partial charge in [0.2, 0.25) is 17.7 Å². The van der Waals surface area contributed by atoms with E-state index >= 15 is 0 Å². The van der Waals surface area contributed by atoms with Crippen molar-refractivity contribution in [2.24, 2.45) is 29.4 Å². The summed E-state index contributed by atoms with van der Waals surface area (Å²) in [6.45, 7) is 5.41. The molecule has 4 rings (SSSR count). The number of primary amides is 1. The molecule has 1 heterocycles. The van der Waals surface area contributed by atoms with E-state index in [1.807, 2.05) is 0 Å². The number of hydrogen-bond acceptors (Lipinski definition) is 6. The quantitative estimate of drug-likeness (QED) is 0.304. The summed E-state index contributed by atoms with van der Waals surface area (Å²) in [4.78, 5) is 53.8. The van der Waals surface area contributed by atoms with Crippen molar-refractivity contribution in [2.75, 3.05) is 6.54 Å². The lowest BCUT2D eigenvalue weighted by Gasteiger charge is -2.37. The fourth-order valence-corrected chi connectivity index (χ4v) is 7.24. The minimum absolute atomic E-state index is 0.0979. The van der Waals surface area contributed by atoms with E-state index in [0.29, 0.717) is 6.42 Å². The number of rotatable bonds is 9. The third kappa shape index (κ3) is 6.76. The third-order valence-electron chi connectivity index (χ3n) is 8.76. The van der Waals surface area contributed by atoms with E-state index in [9.17, 15) is 24.3 Å². The summed E-state index contributed by atoms with van der Waals surface area (Å²) in [7, 11) is 0. The van der Waals surface area contributed by atoms with Gasteiger partial charge in [0.15, 0.2) is 6.10 Å². The molecule has 0 radical (unpaired) electrons. The number of halogens is 2. The van der Waals surface area contributed by atoms with Crippen LogP contribution in [0.1, 0.15) is 78.6 Å².